The molecule has 1 unspecified atom stereocenters. The third-order valence-electron chi connectivity index (χ3n) is 5.37. The molecule has 0 N–H and O–H groups in total. The molecule has 3 aromatic rings. The Balaban J connectivity index is 1.47. The summed E-state index contributed by atoms with van der Waals surface area (Å²) in [4.78, 5) is 41.2. The van der Waals surface area contributed by atoms with Crippen molar-refractivity contribution in [2.45, 2.75) is 26.8 Å². The minimum Gasteiger partial charge on any atom is -0.459 e. The van der Waals surface area contributed by atoms with Crippen molar-refractivity contribution in [1.29, 1.82) is 0 Å². The summed E-state index contributed by atoms with van der Waals surface area (Å²) in [6.07, 6.45) is 1.46. The molecular formula is C21H24N6O4. The second-order valence-corrected chi connectivity index (χ2v) is 7.58. The van der Waals surface area contributed by atoms with E-state index in [9.17, 15) is 14.4 Å². The summed E-state index contributed by atoms with van der Waals surface area (Å²) in [7, 11) is 0. The lowest BCUT2D eigenvalue weighted by Gasteiger charge is -2.35. The van der Waals surface area contributed by atoms with Gasteiger partial charge in [-0.1, -0.05) is 0 Å². The quantitative estimate of drug-likeness (QED) is 0.623. The number of aryl methyl sites for hydroxylation is 2. The number of hydrogen-bond donors (Lipinski definition) is 0. The fourth-order valence-electron chi connectivity index (χ4n) is 3.72. The lowest BCUT2D eigenvalue weighted by atomic mass is 10.2. The standard InChI is InChI=1S/C21H24N6O4/c1-14-13-15(2)26(22-14)18-6-7-19(28)27(23-18)16(3)20(29)24-8-10-25(11-9-24)21(30)17-5-4-12-31-17/h4-7,12-13,16H,8-11H2,1-3H3. The van der Waals surface area contributed by atoms with Crippen LogP contribution in [0.5, 0.6) is 0 Å². The molecule has 4 heterocycles. The molecule has 10 nitrogen and oxygen atoms in total. The Labute approximate surface area is 178 Å². The van der Waals surface area contributed by atoms with E-state index >= 15 is 0 Å². The molecule has 1 aliphatic heterocycles. The first kappa shape index (κ1) is 20.6. The predicted molar refractivity (Wildman–Crippen MR) is 111 cm³/mol. The minimum atomic E-state index is -0.781. The molecule has 3 aromatic heterocycles. The van der Waals surface area contributed by atoms with Crippen molar-refractivity contribution in [3.8, 4) is 5.82 Å². The van der Waals surface area contributed by atoms with Gasteiger partial charge in [0.05, 0.1) is 12.0 Å². The largest absolute Gasteiger partial charge is 0.459 e. The molecule has 0 saturated carbocycles. The second-order valence-electron chi connectivity index (χ2n) is 7.58. The summed E-state index contributed by atoms with van der Waals surface area (Å²) in [6, 6.07) is 7.40. The van der Waals surface area contributed by atoms with Crippen LogP contribution < -0.4 is 5.56 Å². The van der Waals surface area contributed by atoms with Crippen LogP contribution in [0.2, 0.25) is 0 Å². The van der Waals surface area contributed by atoms with Gasteiger partial charge in [-0.05, 0) is 45.0 Å². The van der Waals surface area contributed by atoms with Crippen LogP contribution in [0.4, 0.5) is 0 Å². The third kappa shape index (κ3) is 4.00. The monoisotopic (exact) mass is 424 g/mol. The molecule has 1 saturated heterocycles. The van der Waals surface area contributed by atoms with Gasteiger partial charge in [-0.15, -0.1) is 5.10 Å². The number of rotatable bonds is 4. The smallest absolute Gasteiger partial charge is 0.289 e. The molecular weight excluding hydrogens is 400 g/mol. The Kier molecular flexibility index (Phi) is 5.45. The zero-order chi connectivity index (χ0) is 22.1. The Morgan fingerprint density at radius 1 is 1.03 bits per heavy atom. The minimum absolute atomic E-state index is 0.194. The normalized spacial score (nSPS) is 15.2. The van der Waals surface area contributed by atoms with Gasteiger partial charge in [-0.2, -0.15) is 5.10 Å². The van der Waals surface area contributed by atoms with Crippen LogP contribution in [-0.2, 0) is 4.79 Å². The number of piperazine rings is 1. The molecule has 10 heteroatoms. The van der Waals surface area contributed by atoms with Crippen molar-refractivity contribution in [3.63, 3.8) is 0 Å². The highest BCUT2D eigenvalue weighted by Crippen LogP contribution is 2.14. The van der Waals surface area contributed by atoms with Gasteiger partial charge in [-0.25, -0.2) is 9.36 Å². The van der Waals surface area contributed by atoms with E-state index in [2.05, 4.69) is 10.2 Å². The fraction of sp³-hybridized carbons (Fsp3) is 0.381. The van der Waals surface area contributed by atoms with Crippen LogP contribution in [0.25, 0.3) is 5.82 Å². The topological polar surface area (TPSA) is 106 Å². The van der Waals surface area contributed by atoms with E-state index in [0.717, 1.165) is 11.4 Å². The molecule has 1 fully saturated rings. The summed E-state index contributed by atoms with van der Waals surface area (Å²) >= 11 is 0. The van der Waals surface area contributed by atoms with E-state index in [1.165, 1.54) is 17.0 Å². The van der Waals surface area contributed by atoms with E-state index in [1.54, 1.807) is 39.6 Å². The predicted octanol–water partition coefficient (Wildman–Crippen LogP) is 1.18. The number of furan rings is 1. The van der Waals surface area contributed by atoms with Gasteiger partial charge in [0.2, 0.25) is 5.91 Å². The van der Waals surface area contributed by atoms with Gasteiger partial charge < -0.3 is 14.2 Å². The van der Waals surface area contributed by atoms with E-state index in [1.807, 2.05) is 19.9 Å². The Hall–Kier alpha value is -3.69. The maximum Gasteiger partial charge on any atom is 0.289 e. The van der Waals surface area contributed by atoms with Gasteiger partial charge in [-0.3, -0.25) is 14.4 Å². The average molecular weight is 424 g/mol. The van der Waals surface area contributed by atoms with Crippen LogP contribution in [0.1, 0.15) is 34.9 Å². The lowest BCUT2D eigenvalue weighted by Crippen LogP contribution is -2.52. The number of hydrogen-bond acceptors (Lipinski definition) is 6. The van der Waals surface area contributed by atoms with Gasteiger partial charge in [0, 0.05) is 37.9 Å². The van der Waals surface area contributed by atoms with Crippen LogP contribution in [0, 0.1) is 13.8 Å². The number of nitrogens with zero attached hydrogens (tertiary/aromatic N) is 6. The van der Waals surface area contributed by atoms with E-state index < -0.39 is 6.04 Å². The van der Waals surface area contributed by atoms with E-state index in [0.29, 0.717) is 32.0 Å². The molecule has 31 heavy (non-hydrogen) atoms. The highest BCUT2D eigenvalue weighted by atomic mass is 16.3. The first-order chi connectivity index (χ1) is 14.8. The Bertz CT molecular complexity index is 1160. The second kappa shape index (κ2) is 8.21. The van der Waals surface area contributed by atoms with Crippen molar-refractivity contribution in [1.82, 2.24) is 29.4 Å². The van der Waals surface area contributed by atoms with Crippen molar-refractivity contribution < 1.29 is 14.0 Å². The van der Waals surface area contributed by atoms with Gasteiger partial charge in [0.15, 0.2) is 11.6 Å². The van der Waals surface area contributed by atoms with Gasteiger partial charge in [0.25, 0.3) is 11.5 Å². The highest BCUT2D eigenvalue weighted by Gasteiger charge is 2.29. The highest BCUT2D eigenvalue weighted by molar-refractivity contribution is 5.91. The number of aromatic nitrogens is 4. The Morgan fingerprint density at radius 3 is 2.35 bits per heavy atom. The van der Waals surface area contributed by atoms with E-state index in [4.69, 9.17) is 4.42 Å². The summed E-state index contributed by atoms with van der Waals surface area (Å²) in [6.45, 7) is 6.97. The molecule has 0 spiro atoms. The van der Waals surface area contributed by atoms with Gasteiger partial charge in [0.1, 0.15) is 6.04 Å². The molecule has 1 aliphatic rings. The van der Waals surface area contributed by atoms with Crippen molar-refractivity contribution in [2.24, 2.45) is 0 Å². The first-order valence-electron chi connectivity index (χ1n) is 10.1. The molecule has 0 aromatic carbocycles. The van der Waals surface area contributed by atoms with Crippen molar-refractivity contribution in [2.75, 3.05) is 26.2 Å². The van der Waals surface area contributed by atoms with Gasteiger partial charge >= 0.3 is 0 Å². The van der Waals surface area contributed by atoms with Crippen molar-refractivity contribution >= 4 is 11.8 Å². The summed E-state index contributed by atoms with van der Waals surface area (Å²) < 4.78 is 7.99. The van der Waals surface area contributed by atoms with Crippen LogP contribution in [0.3, 0.4) is 0 Å². The fourth-order valence-corrected chi connectivity index (χ4v) is 3.72. The van der Waals surface area contributed by atoms with Crippen LogP contribution in [0.15, 0.2) is 45.8 Å². The molecule has 0 bridgehead atoms. The van der Waals surface area contributed by atoms with Crippen LogP contribution >= 0.6 is 0 Å². The number of carbonyl (C=O) groups is 2. The Morgan fingerprint density at radius 2 is 1.74 bits per heavy atom. The van der Waals surface area contributed by atoms with Crippen molar-refractivity contribution in [3.05, 3.63) is 64.1 Å². The molecule has 1 atom stereocenters. The molecule has 0 radical (unpaired) electrons. The zero-order valence-electron chi connectivity index (χ0n) is 17.7. The van der Waals surface area contributed by atoms with Crippen LogP contribution in [-0.4, -0.2) is 67.4 Å². The molecule has 0 aliphatic carbocycles. The average Bonchev–Trinajstić information content (AvgIpc) is 3.42. The lowest BCUT2D eigenvalue weighted by molar-refractivity contribution is -0.136. The maximum absolute atomic E-state index is 13.1. The first-order valence-corrected chi connectivity index (χ1v) is 10.1. The number of amides is 2. The summed E-state index contributed by atoms with van der Waals surface area (Å²) in [5, 5.41) is 8.78. The maximum atomic E-state index is 13.1. The molecule has 4 rings (SSSR count). The van der Waals surface area contributed by atoms with E-state index in [-0.39, 0.29) is 23.1 Å². The third-order valence-corrected chi connectivity index (χ3v) is 5.37. The molecule has 162 valence electrons. The molecule has 2 amide bonds. The summed E-state index contributed by atoms with van der Waals surface area (Å²) in [5.41, 5.74) is 1.35. The SMILES string of the molecule is Cc1cc(C)n(-c2ccc(=O)n(C(C)C(=O)N3CCN(C(=O)c4ccco4)CC3)n2)n1. The summed E-state index contributed by atoms with van der Waals surface area (Å²) in [5.74, 6) is 0.342. The zero-order valence-corrected chi connectivity index (χ0v) is 17.7. The number of carbonyl (C=O) groups excluding carboxylic acids is 2.